The topological polar surface area (TPSA) is 68.2 Å². The molecule has 0 radical (unpaired) electrons. The zero-order valence-corrected chi connectivity index (χ0v) is 22.9. The summed E-state index contributed by atoms with van der Waals surface area (Å²) in [7, 11) is 0. The predicted octanol–water partition coefficient (Wildman–Crippen LogP) is 4.79. The van der Waals surface area contributed by atoms with E-state index in [1.54, 1.807) is 12.1 Å². The number of amides is 1. The summed E-state index contributed by atoms with van der Waals surface area (Å²) in [5.41, 5.74) is 4.25. The summed E-state index contributed by atoms with van der Waals surface area (Å²) in [5.74, 6) is 1.23. The van der Waals surface area contributed by atoms with Gasteiger partial charge in [-0.15, -0.1) is 0 Å². The second-order valence-corrected chi connectivity index (χ2v) is 11.0. The van der Waals surface area contributed by atoms with Crippen LogP contribution in [-0.2, 0) is 12.8 Å². The molecular weight excluding hydrogens is 528 g/mol. The fraction of sp³-hybridized carbons (Fsp3) is 0.333. The number of phenolic OH excluding ortho intramolecular Hbond substituents is 1. The minimum absolute atomic E-state index is 0.0641. The fourth-order valence-electron chi connectivity index (χ4n) is 5.27. The van der Waals surface area contributed by atoms with E-state index >= 15 is 0 Å². The Morgan fingerprint density at radius 3 is 2.49 bits per heavy atom. The highest BCUT2D eigenvalue weighted by Crippen LogP contribution is 2.28. The van der Waals surface area contributed by atoms with Gasteiger partial charge in [-0.1, -0.05) is 64.5 Å². The second-order valence-electron chi connectivity index (χ2n) is 10.2. The molecule has 1 amide bonds. The quantitative estimate of drug-likeness (QED) is 0.415. The SMILES string of the molecule is Cc1ccc(C(=O)N[C@@H](C)CN2C3=NC[C@H](Cc4ccccc4)N3C[C@H]2Cc2ccc(O)cc2)cc1Br. The summed E-state index contributed by atoms with van der Waals surface area (Å²) in [6, 6.07) is 24.2. The van der Waals surface area contributed by atoms with E-state index in [0.29, 0.717) is 18.2 Å². The molecule has 37 heavy (non-hydrogen) atoms. The smallest absolute Gasteiger partial charge is 0.251 e. The number of rotatable bonds is 8. The normalized spacial score (nSPS) is 19.5. The third kappa shape index (κ3) is 5.82. The Morgan fingerprint density at radius 2 is 1.76 bits per heavy atom. The van der Waals surface area contributed by atoms with Gasteiger partial charge >= 0.3 is 0 Å². The van der Waals surface area contributed by atoms with E-state index in [0.717, 1.165) is 41.9 Å². The van der Waals surface area contributed by atoms with Gasteiger partial charge in [-0.25, -0.2) is 0 Å². The molecule has 2 aliphatic heterocycles. The number of fused-ring (bicyclic) bond motifs is 1. The van der Waals surface area contributed by atoms with Gasteiger partial charge < -0.3 is 20.2 Å². The van der Waals surface area contributed by atoms with E-state index in [4.69, 9.17) is 4.99 Å². The van der Waals surface area contributed by atoms with E-state index in [1.807, 2.05) is 37.3 Å². The van der Waals surface area contributed by atoms with Gasteiger partial charge in [-0.2, -0.15) is 0 Å². The van der Waals surface area contributed by atoms with Crippen molar-refractivity contribution in [3.05, 3.63) is 99.5 Å². The number of benzene rings is 3. The lowest BCUT2D eigenvalue weighted by Gasteiger charge is -2.29. The lowest BCUT2D eigenvalue weighted by Crippen LogP contribution is -2.46. The van der Waals surface area contributed by atoms with E-state index < -0.39 is 0 Å². The molecule has 0 unspecified atom stereocenters. The number of halogens is 1. The van der Waals surface area contributed by atoms with Gasteiger partial charge in [0.05, 0.1) is 18.6 Å². The van der Waals surface area contributed by atoms with Crippen LogP contribution in [0, 0.1) is 6.92 Å². The number of hydrogen-bond acceptors (Lipinski definition) is 5. The summed E-state index contributed by atoms with van der Waals surface area (Å²) in [6.07, 6.45) is 1.81. The molecule has 7 heteroatoms. The maximum absolute atomic E-state index is 13.0. The number of carbonyl (C=O) groups is 1. The van der Waals surface area contributed by atoms with Crippen molar-refractivity contribution in [1.29, 1.82) is 0 Å². The zero-order valence-electron chi connectivity index (χ0n) is 21.3. The number of hydrogen-bond donors (Lipinski definition) is 2. The number of aromatic hydroxyl groups is 1. The standard InChI is InChI=1S/C30H33BrN4O2/c1-20-8-11-24(16-28(20)31)29(37)33-21(2)18-34-26(15-23-9-12-27(36)13-10-23)19-35-25(17-32-30(34)35)14-22-6-4-3-5-7-22/h3-13,16,21,25-26,36H,14-15,17-19H2,1-2H3,(H,33,37)/t21-,25-,26+/m0/s1. The third-order valence-corrected chi connectivity index (χ3v) is 8.10. The third-order valence-electron chi connectivity index (χ3n) is 7.25. The maximum atomic E-state index is 13.0. The van der Waals surface area contributed by atoms with Crippen LogP contribution in [0.1, 0.15) is 34.0 Å². The molecule has 2 aliphatic rings. The molecule has 3 aromatic carbocycles. The first-order valence-electron chi connectivity index (χ1n) is 12.8. The average Bonchev–Trinajstić information content (AvgIpc) is 3.42. The van der Waals surface area contributed by atoms with Gasteiger partial charge in [-0.3, -0.25) is 9.79 Å². The zero-order chi connectivity index (χ0) is 25.9. The lowest BCUT2D eigenvalue weighted by molar-refractivity contribution is 0.0933. The highest BCUT2D eigenvalue weighted by molar-refractivity contribution is 9.10. The maximum Gasteiger partial charge on any atom is 0.251 e. The van der Waals surface area contributed by atoms with E-state index in [2.05, 4.69) is 68.3 Å². The number of nitrogens with one attached hydrogen (secondary N) is 1. The summed E-state index contributed by atoms with van der Waals surface area (Å²) in [4.78, 5) is 22.8. The highest BCUT2D eigenvalue weighted by atomic mass is 79.9. The van der Waals surface area contributed by atoms with Crippen molar-refractivity contribution < 1.29 is 9.90 Å². The number of carbonyl (C=O) groups excluding carboxylic acids is 1. The van der Waals surface area contributed by atoms with E-state index in [9.17, 15) is 9.90 Å². The van der Waals surface area contributed by atoms with Crippen LogP contribution in [0.5, 0.6) is 5.75 Å². The van der Waals surface area contributed by atoms with Crippen molar-refractivity contribution in [2.24, 2.45) is 4.99 Å². The number of aryl methyl sites for hydroxylation is 1. The van der Waals surface area contributed by atoms with Crippen molar-refractivity contribution in [3.8, 4) is 5.75 Å². The molecular formula is C30H33BrN4O2. The van der Waals surface area contributed by atoms with Crippen LogP contribution in [0.4, 0.5) is 0 Å². The summed E-state index contributed by atoms with van der Waals surface area (Å²) in [5, 5.41) is 12.9. The van der Waals surface area contributed by atoms with E-state index in [-0.39, 0.29) is 23.7 Å². The highest BCUT2D eigenvalue weighted by Gasteiger charge is 2.42. The molecule has 1 fully saturated rings. The lowest BCUT2D eigenvalue weighted by atomic mass is 10.0. The molecule has 2 N–H and O–H groups in total. The van der Waals surface area contributed by atoms with Crippen LogP contribution in [0.15, 0.2) is 82.3 Å². The van der Waals surface area contributed by atoms with Gasteiger partial charge in [0.15, 0.2) is 5.96 Å². The Labute approximate surface area is 227 Å². The first kappa shape index (κ1) is 25.3. The number of guanidine groups is 1. The van der Waals surface area contributed by atoms with Gasteiger partial charge in [0.2, 0.25) is 0 Å². The monoisotopic (exact) mass is 560 g/mol. The van der Waals surface area contributed by atoms with Crippen LogP contribution < -0.4 is 5.32 Å². The van der Waals surface area contributed by atoms with Crippen LogP contribution in [0.3, 0.4) is 0 Å². The van der Waals surface area contributed by atoms with Crippen molar-refractivity contribution in [1.82, 2.24) is 15.1 Å². The van der Waals surface area contributed by atoms with Crippen molar-refractivity contribution >= 4 is 27.8 Å². The number of aliphatic imine (C=N–C) groups is 1. The van der Waals surface area contributed by atoms with Crippen LogP contribution >= 0.6 is 15.9 Å². The molecule has 0 bridgehead atoms. The number of nitrogens with zero attached hydrogens (tertiary/aromatic N) is 3. The largest absolute Gasteiger partial charge is 0.508 e. The minimum Gasteiger partial charge on any atom is -0.508 e. The summed E-state index contributed by atoms with van der Waals surface area (Å²) in [6.45, 7) is 6.41. The molecule has 2 heterocycles. The first-order valence-corrected chi connectivity index (χ1v) is 13.6. The molecule has 192 valence electrons. The van der Waals surface area contributed by atoms with E-state index in [1.165, 1.54) is 11.1 Å². The van der Waals surface area contributed by atoms with Crippen molar-refractivity contribution in [3.63, 3.8) is 0 Å². The van der Waals surface area contributed by atoms with Gasteiger partial charge in [0.25, 0.3) is 5.91 Å². The second kappa shape index (κ2) is 11.0. The Kier molecular flexibility index (Phi) is 7.51. The molecule has 1 saturated heterocycles. The molecule has 0 aliphatic carbocycles. The molecule has 3 atom stereocenters. The van der Waals surface area contributed by atoms with Gasteiger partial charge in [-0.05, 0) is 67.6 Å². The average molecular weight is 562 g/mol. The van der Waals surface area contributed by atoms with Crippen molar-refractivity contribution in [2.75, 3.05) is 19.6 Å². The van der Waals surface area contributed by atoms with Crippen LogP contribution in [-0.4, -0.2) is 64.5 Å². The van der Waals surface area contributed by atoms with Crippen LogP contribution in [0.25, 0.3) is 0 Å². The molecule has 3 aromatic rings. The number of phenols is 1. The molecule has 0 spiro atoms. The Bertz CT molecular complexity index is 1280. The minimum atomic E-state index is -0.0744. The van der Waals surface area contributed by atoms with Gasteiger partial charge in [0.1, 0.15) is 5.75 Å². The molecule has 0 aromatic heterocycles. The van der Waals surface area contributed by atoms with Gasteiger partial charge in [0, 0.05) is 29.2 Å². The predicted molar refractivity (Wildman–Crippen MR) is 151 cm³/mol. The Hall–Kier alpha value is -3.32. The summed E-state index contributed by atoms with van der Waals surface area (Å²) >= 11 is 3.53. The molecule has 0 saturated carbocycles. The fourth-order valence-corrected chi connectivity index (χ4v) is 5.65. The Balaban J connectivity index is 1.31. The molecule has 5 rings (SSSR count). The molecule has 6 nitrogen and oxygen atoms in total. The summed E-state index contributed by atoms with van der Waals surface area (Å²) < 4.78 is 0.932. The Morgan fingerprint density at radius 1 is 1.05 bits per heavy atom. The van der Waals surface area contributed by atoms with Crippen molar-refractivity contribution in [2.45, 2.75) is 44.8 Å². The first-order chi connectivity index (χ1) is 17.9. The van der Waals surface area contributed by atoms with Crippen LogP contribution in [0.2, 0.25) is 0 Å².